The van der Waals surface area contributed by atoms with Gasteiger partial charge in [-0.25, -0.2) is 13.8 Å². The monoisotopic (exact) mass is 340 g/mol. The van der Waals surface area contributed by atoms with E-state index < -0.39 is 11.6 Å². The number of aryl methyl sites for hydroxylation is 2. The van der Waals surface area contributed by atoms with Crippen molar-refractivity contribution in [3.05, 3.63) is 53.2 Å². The molecule has 0 N–H and O–H groups in total. The molecule has 0 spiro atoms. The van der Waals surface area contributed by atoms with E-state index in [1.807, 2.05) is 6.92 Å². The van der Waals surface area contributed by atoms with E-state index >= 15 is 0 Å². The van der Waals surface area contributed by atoms with Gasteiger partial charge in [0.2, 0.25) is 0 Å². The molecular formula is C18H14F2N4O. The van der Waals surface area contributed by atoms with Crippen LogP contribution >= 0.6 is 0 Å². The summed E-state index contributed by atoms with van der Waals surface area (Å²) < 4.78 is 35.4. The Morgan fingerprint density at radius 3 is 2.56 bits per heavy atom. The van der Waals surface area contributed by atoms with Crippen molar-refractivity contribution in [1.29, 1.82) is 0 Å². The molecule has 2 aromatic carbocycles. The van der Waals surface area contributed by atoms with Crippen LogP contribution in [-0.2, 0) is 0 Å². The van der Waals surface area contributed by atoms with Crippen LogP contribution in [0.2, 0.25) is 0 Å². The van der Waals surface area contributed by atoms with Crippen LogP contribution in [0, 0.1) is 25.5 Å². The van der Waals surface area contributed by atoms with E-state index in [4.69, 9.17) is 4.74 Å². The second-order valence-corrected chi connectivity index (χ2v) is 5.84. The fourth-order valence-electron chi connectivity index (χ4n) is 2.93. The lowest BCUT2D eigenvalue weighted by molar-refractivity contribution is 0.415. The molecule has 0 aliphatic carbocycles. The average molecular weight is 340 g/mol. The summed E-state index contributed by atoms with van der Waals surface area (Å²) in [5.74, 6) is -0.288. The normalized spacial score (nSPS) is 11.4. The van der Waals surface area contributed by atoms with Crippen molar-refractivity contribution in [3.63, 3.8) is 0 Å². The number of fused-ring (bicyclic) bond motifs is 3. The zero-order valence-corrected chi connectivity index (χ0v) is 13.8. The molecular weight excluding hydrogens is 326 g/mol. The van der Waals surface area contributed by atoms with Crippen LogP contribution in [-0.4, -0.2) is 26.7 Å². The number of methoxy groups -OCH3 is 1. The highest BCUT2D eigenvalue weighted by Crippen LogP contribution is 2.31. The zero-order chi connectivity index (χ0) is 17.7. The number of benzene rings is 2. The van der Waals surface area contributed by atoms with Crippen molar-refractivity contribution in [2.45, 2.75) is 13.8 Å². The lowest BCUT2D eigenvalue weighted by Gasteiger charge is -2.09. The van der Waals surface area contributed by atoms with Gasteiger partial charge in [0.1, 0.15) is 17.5 Å². The molecule has 0 saturated carbocycles. The molecule has 0 radical (unpaired) electrons. The lowest BCUT2D eigenvalue weighted by atomic mass is 10.1. The van der Waals surface area contributed by atoms with Crippen molar-refractivity contribution in [3.8, 4) is 17.1 Å². The third-order valence-electron chi connectivity index (χ3n) is 4.11. The molecule has 5 nitrogen and oxygen atoms in total. The van der Waals surface area contributed by atoms with Gasteiger partial charge < -0.3 is 4.74 Å². The van der Waals surface area contributed by atoms with Gasteiger partial charge in [-0.15, -0.1) is 10.2 Å². The van der Waals surface area contributed by atoms with E-state index in [0.717, 1.165) is 5.56 Å². The maximum atomic E-state index is 14.5. The standard InChI is InChI=1S/C18H14F2N4O/c1-9-4-5-12(13(20)6-9)18-21-10(2)17-23-22-16-14(24(17)18)7-11(19)8-15(16)25-3/h4-8H,1-3H3. The largest absolute Gasteiger partial charge is 0.494 e. The summed E-state index contributed by atoms with van der Waals surface area (Å²) >= 11 is 0. The molecule has 0 fully saturated rings. The summed E-state index contributed by atoms with van der Waals surface area (Å²) in [5, 5.41) is 8.30. The van der Waals surface area contributed by atoms with Crippen molar-refractivity contribution in [2.75, 3.05) is 7.11 Å². The molecule has 25 heavy (non-hydrogen) atoms. The summed E-state index contributed by atoms with van der Waals surface area (Å²) in [7, 11) is 1.43. The summed E-state index contributed by atoms with van der Waals surface area (Å²) in [6.45, 7) is 3.56. The van der Waals surface area contributed by atoms with Crippen LogP contribution < -0.4 is 4.74 Å². The first kappa shape index (κ1) is 15.4. The summed E-state index contributed by atoms with van der Waals surface area (Å²) in [6.07, 6.45) is 0. The number of imidazole rings is 1. The van der Waals surface area contributed by atoms with Crippen molar-refractivity contribution in [2.24, 2.45) is 0 Å². The Balaban J connectivity index is 2.17. The Bertz CT molecular complexity index is 1140. The second-order valence-electron chi connectivity index (χ2n) is 5.84. The first-order valence-corrected chi connectivity index (χ1v) is 7.65. The zero-order valence-electron chi connectivity index (χ0n) is 13.8. The van der Waals surface area contributed by atoms with E-state index in [9.17, 15) is 8.78 Å². The molecule has 0 saturated heterocycles. The molecule has 2 heterocycles. The highest BCUT2D eigenvalue weighted by atomic mass is 19.1. The highest BCUT2D eigenvalue weighted by molar-refractivity contribution is 5.85. The van der Waals surface area contributed by atoms with E-state index in [0.29, 0.717) is 33.8 Å². The predicted molar refractivity (Wildman–Crippen MR) is 89.7 cm³/mol. The SMILES string of the molecule is COc1cc(F)cc2c1nnc1c(C)nc(-c3ccc(C)cc3F)n12. The molecule has 0 bridgehead atoms. The molecule has 4 aromatic rings. The summed E-state index contributed by atoms with van der Waals surface area (Å²) in [4.78, 5) is 4.44. The number of aromatic nitrogens is 4. The van der Waals surface area contributed by atoms with Crippen LogP contribution in [0.3, 0.4) is 0 Å². The minimum atomic E-state index is -0.486. The van der Waals surface area contributed by atoms with Crippen LogP contribution in [0.15, 0.2) is 30.3 Å². The second kappa shape index (κ2) is 5.47. The Morgan fingerprint density at radius 2 is 1.84 bits per heavy atom. The van der Waals surface area contributed by atoms with Crippen molar-refractivity contribution >= 4 is 16.7 Å². The molecule has 0 aliphatic rings. The minimum Gasteiger partial charge on any atom is -0.494 e. The van der Waals surface area contributed by atoms with Crippen molar-refractivity contribution < 1.29 is 13.5 Å². The molecule has 0 aliphatic heterocycles. The maximum absolute atomic E-state index is 14.5. The van der Waals surface area contributed by atoms with Crippen LogP contribution in [0.1, 0.15) is 11.3 Å². The first-order valence-electron chi connectivity index (χ1n) is 7.65. The number of nitrogens with zero attached hydrogens (tertiary/aromatic N) is 4. The van der Waals surface area contributed by atoms with E-state index in [2.05, 4.69) is 15.2 Å². The predicted octanol–water partition coefficient (Wildman–Crippen LogP) is 3.85. The maximum Gasteiger partial charge on any atom is 0.183 e. The van der Waals surface area contributed by atoms with Gasteiger partial charge in [-0.2, -0.15) is 0 Å². The molecule has 0 unspecified atom stereocenters. The topological polar surface area (TPSA) is 52.3 Å². The van der Waals surface area contributed by atoms with Crippen LogP contribution in [0.4, 0.5) is 8.78 Å². The Morgan fingerprint density at radius 1 is 1.04 bits per heavy atom. The molecule has 126 valence electrons. The average Bonchev–Trinajstić information content (AvgIpc) is 2.91. The molecule has 4 rings (SSSR count). The smallest absolute Gasteiger partial charge is 0.183 e. The third-order valence-corrected chi connectivity index (χ3v) is 4.11. The third kappa shape index (κ3) is 2.31. The van der Waals surface area contributed by atoms with Gasteiger partial charge in [0.05, 0.1) is 23.9 Å². The summed E-state index contributed by atoms with van der Waals surface area (Å²) in [5.41, 5.74) is 2.92. The van der Waals surface area contributed by atoms with E-state index in [1.165, 1.54) is 25.3 Å². The number of rotatable bonds is 2. The Kier molecular flexibility index (Phi) is 3.38. The minimum absolute atomic E-state index is 0.256. The quantitative estimate of drug-likeness (QED) is 0.556. The number of ether oxygens (including phenoxy) is 1. The fraction of sp³-hybridized carbons (Fsp3) is 0.167. The van der Waals surface area contributed by atoms with Gasteiger partial charge in [0.15, 0.2) is 16.9 Å². The fourth-order valence-corrected chi connectivity index (χ4v) is 2.93. The van der Waals surface area contributed by atoms with E-state index in [1.54, 1.807) is 23.5 Å². The number of halogens is 2. The van der Waals surface area contributed by atoms with Gasteiger partial charge in [0, 0.05) is 12.1 Å². The summed E-state index contributed by atoms with van der Waals surface area (Å²) in [6, 6.07) is 7.44. The van der Waals surface area contributed by atoms with Gasteiger partial charge in [-0.1, -0.05) is 6.07 Å². The number of hydrogen-bond acceptors (Lipinski definition) is 4. The highest BCUT2D eigenvalue weighted by Gasteiger charge is 2.19. The van der Waals surface area contributed by atoms with Gasteiger partial charge in [-0.05, 0) is 31.5 Å². The Labute approximate surface area is 141 Å². The molecule has 2 aromatic heterocycles. The lowest BCUT2D eigenvalue weighted by Crippen LogP contribution is -2.01. The van der Waals surface area contributed by atoms with Crippen LogP contribution in [0.5, 0.6) is 5.75 Å². The Hall–Kier alpha value is -3.09. The van der Waals surface area contributed by atoms with Gasteiger partial charge >= 0.3 is 0 Å². The van der Waals surface area contributed by atoms with Crippen molar-refractivity contribution in [1.82, 2.24) is 19.6 Å². The molecule has 0 atom stereocenters. The van der Waals surface area contributed by atoms with E-state index in [-0.39, 0.29) is 5.75 Å². The van der Waals surface area contributed by atoms with Gasteiger partial charge in [0.25, 0.3) is 0 Å². The van der Waals surface area contributed by atoms with Gasteiger partial charge in [-0.3, -0.25) is 4.40 Å². The number of hydrogen-bond donors (Lipinski definition) is 0. The molecule has 7 heteroatoms. The first-order chi connectivity index (χ1) is 12.0. The molecule has 0 amide bonds. The van der Waals surface area contributed by atoms with Crippen LogP contribution in [0.25, 0.3) is 28.1 Å².